The van der Waals surface area contributed by atoms with Gasteiger partial charge in [-0.05, 0) is 12.3 Å². The van der Waals surface area contributed by atoms with E-state index < -0.39 is 17.8 Å². The van der Waals surface area contributed by atoms with Gasteiger partial charge in [0.1, 0.15) is 0 Å². The normalized spacial score (nSPS) is 12.9. The molecule has 4 nitrogen and oxygen atoms in total. The Morgan fingerprint density at radius 1 is 1.42 bits per heavy atom. The summed E-state index contributed by atoms with van der Waals surface area (Å²) in [6.07, 6.45) is 0.384. The molecule has 0 fully saturated rings. The van der Waals surface area contributed by atoms with Crippen LogP contribution < -0.4 is 5.73 Å². The molecular weight excluding hydrogens is 158 g/mol. The first kappa shape index (κ1) is 10.9. The number of carboxylic acids is 1. The second kappa shape index (κ2) is 4.74. The number of rotatable bonds is 5. The number of aliphatic carboxylic acids is 1. The van der Waals surface area contributed by atoms with Crippen LogP contribution >= 0.6 is 0 Å². The second-order valence-electron chi connectivity index (χ2n) is 3.33. The molecule has 0 radical (unpaired) electrons. The maximum Gasteiger partial charge on any atom is 0.304 e. The molecule has 0 unspecified atom stereocenters. The molecule has 0 heterocycles. The van der Waals surface area contributed by atoms with E-state index in [0.29, 0.717) is 12.3 Å². The van der Waals surface area contributed by atoms with Crippen LogP contribution in [-0.2, 0) is 9.59 Å². The number of hydrogen-bond donors (Lipinski definition) is 2. The van der Waals surface area contributed by atoms with E-state index in [2.05, 4.69) is 0 Å². The Labute approximate surface area is 71.8 Å². The highest BCUT2D eigenvalue weighted by molar-refractivity contribution is 5.81. The van der Waals surface area contributed by atoms with Gasteiger partial charge in [0.25, 0.3) is 0 Å². The number of carbonyl (C=O) groups is 2. The molecule has 0 aliphatic heterocycles. The van der Waals surface area contributed by atoms with Gasteiger partial charge in [0.15, 0.2) is 0 Å². The molecule has 4 heteroatoms. The van der Waals surface area contributed by atoms with Crippen LogP contribution in [0.2, 0.25) is 0 Å². The highest BCUT2D eigenvalue weighted by atomic mass is 16.4. The largest absolute Gasteiger partial charge is 0.481 e. The van der Waals surface area contributed by atoms with E-state index in [4.69, 9.17) is 10.8 Å². The van der Waals surface area contributed by atoms with Crippen molar-refractivity contribution >= 4 is 11.9 Å². The Kier molecular flexibility index (Phi) is 4.33. The Morgan fingerprint density at radius 2 is 1.92 bits per heavy atom. The second-order valence-corrected chi connectivity index (χ2v) is 3.33. The summed E-state index contributed by atoms with van der Waals surface area (Å²) in [4.78, 5) is 21.0. The quantitative estimate of drug-likeness (QED) is 0.639. The molecule has 0 bridgehead atoms. The Morgan fingerprint density at radius 3 is 2.17 bits per heavy atom. The van der Waals surface area contributed by atoms with E-state index in [1.54, 1.807) is 0 Å². The molecule has 1 atom stereocenters. The van der Waals surface area contributed by atoms with Gasteiger partial charge in [-0.15, -0.1) is 0 Å². The fourth-order valence-corrected chi connectivity index (χ4v) is 1.08. The minimum Gasteiger partial charge on any atom is -0.481 e. The molecule has 0 rings (SSSR count). The average molecular weight is 173 g/mol. The van der Waals surface area contributed by atoms with Crippen LogP contribution in [0.15, 0.2) is 0 Å². The summed E-state index contributed by atoms with van der Waals surface area (Å²) >= 11 is 0. The van der Waals surface area contributed by atoms with Crippen LogP contribution in [0, 0.1) is 11.8 Å². The fraction of sp³-hybridized carbons (Fsp3) is 0.750. The highest BCUT2D eigenvalue weighted by Crippen LogP contribution is 2.14. The van der Waals surface area contributed by atoms with Crippen molar-refractivity contribution in [1.29, 1.82) is 0 Å². The monoisotopic (exact) mass is 173 g/mol. The minimum absolute atomic E-state index is 0.159. The van der Waals surface area contributed by atoms with Gasteiger partial charge in [0, 0.05) is 5.92 Å². The lowest BCUT2D eigenvalue weighted by molar-refractivity contribution is -0.140. The van der Waals surface area contributed by atoms with Gasteiger partial charge in [-0.3, -0.25) is 9.59 Å². The first-order valence-corrected chi connectivity index (χ1v) is 3.94. The Bertz CT molecular complexity index is 177. The van der Waals surface area contributed by atoms with Crippen molar-refractivity contribution in [2.75, 3.05) is 0 Å². The molecule has 12 heavy (non-hydrogen) atoms. The van der Waals surface area contributed by atoms with E-state index in [9.17, 15) is 9.59 Å². The molecule has 3 N–H and O–H groups in total. The third kappa shape index (κ3) is 4.71. The summed E-state index contributed by atoms with van der Waals surface area (Å²) in [6.45, 7) is 3.86. The van der Waals surface area contributed by atoms with E-state index >= 15 is 0 Å². The first-order valence-electron chi connectivity index (χ1n) is 3.94. The Balaban J connectivity index is 4.04. The summed E-state index contributed by atoms with van der Waals surface area (Å²) in [5.41, 5.74) is 5.03. The van der Waals surface area contributed by atoms with Gasteiger partial charge in [-0.2, -0.15) is 0 Å². The topological polar surface area (TPSA) is 80.4 Å². The number of amides is 1. The smallest absolute Gasteiger partial charge is 0.304 e. The van der Waals surface area contributed by atoms with Crippen molar-refractivity contribution < 1.29 is 14.7 Å². The van der Waals surface area contributed by atoms with E-state index in [-0.39, 0.29) is 6.42 Å². The molecule has 0 aliphatic rings. The SMILES string of the molecule is CC(C)C[C@@H](CC(=O)O)C(N)=O. The van der Waals surface area contributed by atoms with E-state index in [0.717, 1.165) is 0 Å². The Hall–Kier alpha value is -1.06. The summed E-state index contributed by atoms with van der Waals surface area (Å²) in [5, 5.41) is 8.44. The predicted octanol–water partition coefficient (Wildman–Crippen LogP) is 0.609. The number of carboxylic acid groups (broad SMARTS) is 1. The highest BCUT2D eigenvalue weighted by Gasteiger charge is 2.19. The maximum absolute atomic E-state index is 10.7. The molecule has 1 amide bonds. The summed E-state index contributed by atoms with van der Waals surface area (Å²) < 4.78 is 0. The molecule has 0 aromatic rings. The average Bonchev–Trinajstić information content (AvgIpc) is 1.83. The van der Waals surface area contributed by atoms with Crippen molar-refractivity contribution in [3.05, 3.63) is 0 Å². The van der Waals surface area contributed by atoms with Crippen molar-refractivity contribution in [2.24, 2.45) is 17.6 Å². The van der Waals surface area contributed by atoms with Gasteiger partial charge in [0.05, 0.1) is 6.42 Å². The number of primary amides is 1. The van der Waals surface area contributed by atoms with Crippen LogP contribution in [0.3, 0.4) is 0 Å². The third-order valence-corrected chi connectivity index (χ3v) is 1.58. The maximum atomic E-state index is 10.7. The lowest BCUT2D eigenvalue weighted by atomic mass is 9.94. The lowest BCUT2D eigenvalue weighted by Gasteiger charge is -2.12. The minimum atomic E-state index is -0.973. The van der Waals surface area contributed by atoms with Gasteiger partial charge >= 0.3 is 5.97 Å². The standard InChI is InChI=1S/C8H15NO3/c1-5(2)3-6(8(9)12)4-7(10)11/h5-6H,3-4H2,1-2H3,(H2,9,12)(H,10,11)/t6-/m0/s1. The van der Waals surface area contributed by atoms with E-state index in [1.807, 2.05) is 13.8 Å². The van der Waals surface area contributed by atoms with Crippen LogP contribution in [0.5, 0.6) is 0 Å². The fourth-order valence-electron chi connectivity index (χ4n) is 1.08. The zero-order chi connectivity index (χ0) is 9.72. The van der Waals surface area contributed by atoms with E-state index in [1.165, 1.54) is 0 Å². The lowest BCUT2D eigenvalue weighted by Crippen LogP contribution is -2.26. The van der Waals surface area contributed by atoms with Gasteiger partial charge in [0.2, 0.25) is 5.91 Å². The van der Waals surface area contributed by atoms with Crippen LogP contribution in [-0.4, -0.2) is 17.0 Å². The van der Waals surface area contributed by atoms with Crippen molar-refractivity contribution in [2.45, 2.75) is 26.7 Å². The zero-order valence-electron chi connectivity index (χ0n) is 7.41. The molecule has 0 aromatic heterocycles. The van der Waals surface area contributed by atoms with Crippen LogP contribution in [0.1, 0.15) is 26.7 Å². The van der Waals surface area contributed by atoms with Crippen molar-refractivity contribution in [1.82, 2.24) is 0 Å². The number of hydrogen-bond acceptors (Lipinski definition) is 2. The molecule has 0 saturated carbocycles. The van der Waals surface area contributed by atoms with Crippen LogP contribution in [0.25, 0.3) is 0 Å². The molecule has 70 valence electrons. The molecule has 0 saturated heterocycles. The number of carbonyl (C=O) groups excluding carboxylic acids is 1. The van der Waals surface area contributed by atoms with Crippen molar-refractivity contribution in [3.8, 4) is 0 Å². The predicted molar refractivity (Wildman–Crippen MR) is 44.4 cm³/mol. The molecular formula is C8H15NO3. The van der Waals surface area contributed by atoms with Gasteiger partial charge in [-0.1, -0.05) is 13.8 Å². The van der Waals surface area contributed by atoms with Crippen molar-refractivity contribution in [3.63, 3.8) is 0 Å². The first-order chi connectivity index (χ1) is 5.43. The molecule has 0 aromatic carbocycles. The summed E-state index contributed by atoms with van der Waals surface area (Å²) in [5.74, 6) is -1.73. The molecule has 0 aliphatic carbocycles. The summed E-state index contributed by atoms with van der Waals surface area (Å²) in [6, 6.07) is 0. The third-order valence-electron chi connectivity index (χ3n) is 1.58. The van der Waals surface area contributed by atoms with Crippen LogP contribution in [0.4, 0.5) is 0 Å². The summed E-state index contributed by atoms with van der Waals surface area (Å²) in [7, 11) is 0. The van der Waals surface area contributed by atoms with Gasteiger partial charge < -0.3 is 10.8 Å². The zero-order valence-corrected chi connectivity index (χ0v) is 7.41. The van der Waals surface area contributed by atoms with Gasteiger partial charge in [-0.25, -0.2) is 0 Å². The molecule has 0 spiro atoms. The number of nitrogens with two attached hydrogens (primary N) is 1.